The molecule has 3 heterocycles. The van der Waals surface area contributed by atoms with E-state index in [4.69, 9.17) is 16.3 Å². The second-order valence-corrected chi connectivity index (χ2v) is 11.4. The molecule has 1 aromatic carbocycles. The molecule has 2 unspecified atom stereocenters. The van der Waals surface area contributed by atoms with Crippen LogP contribution in [0.1, 0.15) is 18.4 Å². The Morgan fingerprint density at radius 2 is 2.20 bits per heavy atom. The van der Waals surface area contributed by atoms with Gasteiger partial charge in [0.2, 0.25) is 5.91 Å². The Labute approximate surface area is 186 Å². The minimum absolute atomic E-state index is 0.00929. The Morgan fingerprint density at radius 3 is 2.90 bits per heavy atom. The van der Waals surface area contributed by atoms with Crippen LogP contribution < -0.4 is 10.1 Å². The van der Waals surface area contributed by atoms with Gasteiger partial charge in [-0.1, -0.05) is 11.6 Å². The molecule has 2 atom stereocenters. The molecular formula is C21H25ClN2O4S2. The third-order valence-electron chi connectivity index (χ3n) is 5.76. The van der Waals surface area contributed by atoms with Crippen molar-refractivity contribution in [2.24, 2.45) is 0 Å². The van der Waals surface area contributed by atoms with Crippen LogP contribution in [-0.2, 0) is 21.1 Å². The van der Waals surface area contributed by atoms with Crippen LogP contribution in [0.2, 0.25) is 5.02 Å². The van der Waals surface area contributed by atoms with Crippen molar-refractivity contribution in [3.8, 4) is 16.9 Å². The van der Waals surface area contributed by atoms with Gasteiger partial charge in [-0.3, -0.25) is 4.79 Å². The highest BCUT2D eigenvalue weighted by atomic mass is 35.5. The van der Waals surface area contributed by atoms with Crippen LogP contribution in [0, 0.1) is 0 Å². The number of amides is 1. The molecule has 1 N–H and O–H groups in total. The van der Waals surface area contributed by atoms with Crippen molar-refractivity contribution >= 4 is 38.7 Å². The van der Waals surface area contributed by atoms with Crippen molar-refractivity contribution in [2.75, 3.05) is 31.6 Å². The van der Waals surface area contributed by atoms with Gasteiger partial charge >= 0.3 is 0 Å². The molecule has 162 valence electrons. The number of rotatable bonds is 7. The SMILES string of the molecule is CN(CCC(=O)NCC1Cc2cc(-c3ccsc3)cc(Cl)c2O1)C1CCS(=O)(=O)C1. The summed E-state index contributed by atoms with van der Waals surface area (Å²) in [6.07, 6.45) is 1.53. The van der Waals surface area contributed by atoms with Gasteiger partial charge in [0.25, 0.3) is 0 Å². The molecule has 0 spiro atoms. The number of sulfone groups is 1. The highest BCUT2D eigenvalue weighted by Crippen LogP contribution is 2.39. The van der Waals surface area contributed by atoms with Gasteiger partial charge in [0.15, 0.2) is 9.84 Å². The van der Waals surface area contributed by atoms with E-state index in [1.807, 2.05) is 23.4 Å². The Bertz CT molecular complexity index is 1020. The van der Waals surface area contributed by atoms with E-state index in [2.05, 4.69) is 22.8 Å². The fourth-order valence-corrected chi connectivity index (χ4v) is 6.75. The van der Waals surface area contributed by atoms with Crippen molar-refractivity contribution in [3.63, 3.8) is 0 Å². The molecule has 0 aliphatic carbocycles. The second-order valence-electron chi connectivity index (χ2n) is 7.99. The Morgan fingerprint density at radius 1 is 1.37 bits per heavy atom. The number of thiophene rings is 1. The van der Waals surface area contributed by atoms with Crippen LogP contribution in [-0.4, -0.2) is 63.0 Å². The zero-order valence-corrected chi connectivity index (χ0v) is 19.2. The van der Waals surface area contributed by atoms with E-state index in [0.717, 1.165) is 16.7 Å². The smallest absolute Gasteiger partial charge is 0.221 e. The number of benzene rings is 1. The van der Waals surface area contributed by atoms with Gasteiger partial charge in [-0.05, 0) is 53.6 Å². The lowest BCUT2D eigenvalue weighted by molar-refractivity contribution is -0.121. The summed E-state index contributed by atoms with van der Waals surface area (Å²) in [6.45, 7) is 0.951. The van der Waals surface area contributed by atoms with Crippen molar-refractivity contribution in [1.82, 2.24) is 10.2 Å². The van der Waals surface area contributed by atoms with Crippen molar-refractivity contribution < 1.29 is 17.9 Å². The van der Waals surface area contributed by atoms with E-state index < -0.39 is 9.84 Å². The fourth-order valence-electron chi connectivity index (χ4n) is 4.00. The molecule has 1 aromatic heterocycles. The topological polar surface area (TPSA) is 75.7 Å². The number of hydrogen-bond donors (Lipinski definition) is 1. The molecule has 2 aromatic rings. The molecule has 0 saturated carbocycles. The van der Waals surface area contributed by atoms with Crippen LogP contribution in [0.4, 0.5) is 0 Å². The number of ether oxygens (including phenoxy) is 1. The molecule has 9 heteroatoms. The normalized spacial score (nSPS) is 22.1. The van der Waals surface area contributed by atoms with Crippen molar-refractivity contribution in [2.45, 2.75) is 31.4 Å². The number of carbonyl (C=O) groups excluding carboxylic acids is 1. The molecule has 2 aliphatic rings. The summed E-state index contributed by atoms with van der Waals surface area (Å²) in [6, 6.07) is 6.10. The highest BCUT2D eigenvalue weighted by molar-refractivity contribution is 7.91. The minimum atomic E-state index is -2.92. The van der Waals surface area contributed by atoms with Crippen LogP contribution in [0.25, 0.3) is 11.1 Å². The first-order chi connectivity index (χ1) is 14.3. The number of carbonyl (C=O) groups is 1. The molecular weight excluding hydrogens is 444 g/mol. The van der Waals surface area contributed by atoms with E-state index in [9.17, 15) is 13.2 Å². The first kappa shape index (κ1) is 21.6. The van der Waals surface area contributed by atoms with Gasteiger partial charge in [0.1, 0.15) is 11.9 Å². The first-order valence-corrected chi connectivity index (χ1v) is 13.1. The second kappa shape index (κ2) is 8.86. The standard InChI is InChI=1S/C21H25ClN2O4S2/c1-24(17-4-7-30(26,27)13-17)5-2-20(25)23-11-18-9-16-8-15(14-3-6-29-12-14)10-19(22)21(16)28-18/h3,6,8,10,12,17-18H,2,4-5,7,9,11,13H2,1H3,(H,23,25). The summed E-state index contributed by atoms with van der Waals surface area (Å²) in [5.41, 5.74) is 3.27. The number of hydrogen-bond acceptors (Lipinski definition) is 6. The summed E-state index contributed by atoms with van der Waals surface area (Å²) in [4.78, 5) is 14.2. The number of fused-ring (bicyclic) bond motifs is 1. The largest absolute Gasteiger partial charge is 0.486 e. The Hall–Kier alpha value is -1.61. The van der Waals surface area contributed by atoms with E-state index >= 15 is 0 Å². The fraction of sp³-hybridized carbons (Fsp3) is 0.476. The average Bonchev–Trinajstić information content (AvgIpc) is 3.43. The summed E-state index contributed by atoms with van der Waals surface area (Å²) < 4.78 is 29.2. The van der Waals surface area contributed by atoms with Gasteiger partial charge < -0.3 is 15.0 Å². The first-order valence-electron chi connectivity index (χ1n) is 10.00. The summed E-state index contributed by atoms with van der Waals surface area (Å²) in [7, 11) is -1.04. The third kappa shape index (κ3) is 4.99. The molecule has 30 heavy (non-hydrogen) atoms. The van der Waals surface area contributed by atoms with E-state index in [1.165, 1.54) is 0 Å². The van der Waals surface area contributed by atoms with E-state index in [0.29, 0.717) is 43.1 Å². The summed E-state index contributed by atoms with van der Waals surface area (Å²) >= 11 is 8.07. The Balaban J connectivity index is 1.25. The highest BCUT2D eigenvalue weighted by Gasteiger charge is 2.31. The molecule has 2 aliphatic heterocycles. The number of nitrogens with one attached hydrogen (secondary N) is 1. The summed E-state index contributed by atoms with van der Waals surface area (Å²) in [5, 5.41) is 7.65. The Kier molecular flexibility index (Phi) is 6.39. The molecule has 6 nitrogen and oxygen atoms in total. The quantitative estimate of drug-likeness (QED) is 0.676. The predicted molar refractivity (Wildman–Crippen MR) is 120 cm³/mol. The zero-order valence-electron chi connectivity index (χ0n) is 16.8. The van der Waals surface area contributed by atoms with Gasteiger partial charge in [-0.15, -0.1) is 0 Å². The molecule has 1 fully saturated rings. The van der Waals surface area contributed by atoms with Gasteiger partial charge in [-0.2, -0.15) is 11.3 Å². The monoisotopic (exact) mass is 468 g/mol. The minimum Gasteiger partial charge on any atom is -0.486 e. The van der Waals surface area contributed by atoms with Gasteiger partial charge in [-0.25, -0.2) is 8.42 Å². The lowest BCUT2D eigenvalue weighted by Crippen LogP contribution is -2.38. The molecule has 0 bridgehead atoms. The maximum atomic E-state index is 12.3. The molecule has 1 amide bonds. The number of halogens is 1. The zero-order chi connectivity index (χ0) is 21.3. The van der Waals surface area contributed by atoms with E-state index in [-0.39, 0.29) is 29.6 Å². The molecule has 0 radical (unpaired) electrons. The van der Waals surface area contributed by atoms with E-state index in [1.54, 1.807) is 11.3 Å². The van der Waals surface area contributed by atoms with Crippen LogP contribution in [0.15, 0.2) is 29.0 Å². The molecule has 1 saturated heterocycles. The number of nitrogens with zero attached hydrogens (tertiary/aromatic N) is 1. The van der Waals surface area contributed by atoms with Gasteiger partial charge in [0, 0.05) is 31.0 Å². The predicted octanol–water partition coefficient (Wildman–Crippen LogP) is 3.00. The maximum absolute atomic E-state index is 12.3. The van der Waals surface area contributed by atoms with Gasteiger partial charge in [0.05, 0.1) is 23.1 Å². The van der Waals surface area contributed by atoms with Crippen molar-refractivity contribution in [3.05, 3.63) is 39.5 Å². The van der Waals surface area contributed by atoms with Crippen molar-refractivity contribution in [1.29, 1.82) is 0 Å². The molecule has 4 rings (SSSR count). The maximum Gasteiger partial charge on any atom is 0.221 e. The van der Waals surface area contributed by atoms with Crippen LogP contribution >= 0.6 is 22.9 Å². The summed E-state index contributed by atoms with van der Waals surface area (Å²) in [5.74, 6) is 1.07. The average molecular weight is 469 g/mol. The lowest BCUT2D eigenvalue weighted by atomic mass is 10.0. The lowest BCUT2D eigenvalue weighted by Gasteiger charge is -2.22. The third-order valence-corrected chi connectivity index (χ3v) is 8.47. The van der Waals surface area contributed by atoms with Crippen LogP contribution in [0.5, 0.6) is 5.75 Å². The van der Waals surface area contributed by atoms with Crippen LogP contribution in [0.3, 0.4) is 0 Å².